The average molecular weight is 761 g/mol. The number of carboxylic acids is 6. The Bertz CT molecular complexity index is 999. The number of hydrogen-bond acceptors (Lipinski definition) is 14. The molecule has 0 spiro atoms. The molecule has 0 saturated carbocycles. The van der Waals surface area contributed by atoms with Crippen LogP contribution in [0.25, 0.3) is 0 Å². The van der Waals surface area contributed by atoms with Gasteiger partial charge in [-0.2, -0.15) is 0 Å². The number of likely N-dealkylation sites (N-methyl/N-ethyl adjacent to an activating group) is 2. The number of aliphatic carboxylic acids is 6. The van der Waals surface area contributed by atoms with Crippen LogP contribution in [0.5, 0.6) is 0 Å². The van der Waals surface area contributed by atoms with E-state index in [4.69, 9.17) is 60.5 Å². The van der Waals surface area contributed by atoms with Gasteiger partial charge in [0.15, 0.2) is 36.6 Å². The second-order valence-electron chi connectivity index (χ2n) is 12.2. The Morgan fingerprint density at radius 2 is 0.667 bits per heavy atom. The molecule has 0 fully saturated rings. The molecule has 23 heteroatoms. The van der Waals surface area contributed by atoms with Crippen LogP contribution in [0.2, 0.25) is 0 Å². The maximum Gasteiger partial charge on any atom is 2.00 e. The summed E-state index contributed by atoms with van der Waals surface area (Å²) < 4.78 is 11.2. The van der Waals surface area contributed by atoms with E-state index in [1.54, 1.807) is 13.8 Å². The molecule has 0 unspecified atom stereocenters. The minimum Gasteiger partial charge on any atom is -0.481 e. The van der Waals surface area contributed by atoms with Gasteiger partial charge in [-0.1, -0.05) is 13.8 Å². The summed E-state index contributed by atoms with van der Waals surface area (Å²) in [6, 6.07) is 0. The third-order valence-electron chi connectivity index (χ3n) is 5.09. The van der Waals surface area contributed by atoms with Gasteiger partial charge in [-0.15, -0.1) is 0 Å². The van der Waals surface area contributed by atoms with Crippen LogP contribution in [0, 0.1) is 0 Å². The molecule has 22 nitrogen and oxygen atoms in total. The molecule has 10 N–H and O–H groups in total. The Morgan fingerprint density at radius 3 is 0.784 bits per heavy atom. The second kappa shape index (κ2) is 27.9. The van der Waals surface area contributed by atoms with Crippen molar-refractivity contribution >= 4 is 70.8 Å². The molecule has 0 aromatic carbocycles. The maximum absolute atomic E-state index is 11.1. The van der Waals surface area contributed by atoms with Gasteiger partial charge in [0.2, 0.25) is 0 Å². The van der Waals surface area contributed by atoms with Gasteiger partial charge in [-0.25, -0.2) is 19.2 Å². The molecule has 0 aliphatic carbocycles. The first-order chi connectivity index (χ1) is 22.4. The van der Waals surface area contributed by atoms with Crippen LogP contribution < -0.4 is 0 Å². The summed E-state index contributed by atoms with van der Waals surface area (Å²) in [5.74, 6) is -9.67. The Morgan fingerprint density at radius 1 is 0.471 bits per heavy atom. The van der Waals surface area contributed by atoms with E-state index in [9.17, 15) is 38.4 Å². The van der Waals surface area contributed by atoms with E-state index < -0.39 is 72.4 Å². The zero-order valence-electron chi connectivity index (χ0n) is 29.9. The van der Waals surface area contributed by atoms with E-state index in [-0.39, 0.29) is 60.7 Å². The molecule has 6 atom stereocenters. The number of hydrogen-bond donors (Lipinski definition) is 10. The normalized spacial score (nSPS) is 14.0. The van der Waals surface area contributed by atoms with Crippen LogP contribution in [0.15, 0.2) is 0 Å². The van der Waals surface area contributed by atoms with Crippen molar-refractivity contribution in [3.63, 3.8) is 0 Å². The summed E-state index contributed by atoms with van der Waals surface area (Å²) in [6.07, 6.45) is -9.89. The summed E-state index contributed by atoms with van der Waals surface area (Å²) in [4.78, 5) is 82.4. The largest absolute Gasteiger partial charge is 2.00 e. The molecule has 0 amide bonds. The maximum atomic E-state index is 11.1. The Kier molecular flexibility index (Phi) is 31.0. The quantitative estimate of drug-likeness (QED) is 0.0366. The standard InChI is InChI=1S/2C10H19NO4.2C4H6O6.Mg/c2*1-5-10(14)15-8(6-9(12)13)7-11(2,3)4;2*5-1(3(7)8)2(6)4(9)10;/h2*8H,5-7H2,1-4H3;2*1-2,5-6H,(H,7,8)(H,9,10);/q;;;;+2/p+2/t2*8-;2*1-,2-;/m1111./s1. The number of rotatable bonds is 18. The van der Waals surface area contributed by atoms with Gasteiger partial charge < -0.3 is 69.5 Å². The van der Waals surface area contributed by atoms with E-state index >= 15 is 0 Å². The third-order valence-corrected chi connectivity index (χ3v) is 5.09. The SMILES string of the molecule is CCC(=O)O[C@H](CC(=O)O)C[N+](C)(C)C.CCC(=O)O[C@H](CC(=O)O)C[N+](C)(C)C.O=C(O)[C@H](O)[C@@H](O)C(=O)O.O=C(O)[C@H](O)[C@@H](O)C(=O)O.[Mg+2]. The second-order valence-corrected chi connectivity index (χ2v) is 12.2. The summed E-state index contributed by atoms with van der Waals surface area (Å²) in [7, 11) is 11.6. The number of carbonyl (C=O) groups is 8. The van der Waals surface area contributed by atoms with Crippen molar-refractivity contribution in [2.24, 2.45) is 0 Å². The van der Waals surface area contributed by atoms with Crippen molar-refractivity contribution < 1.29 is 108 Å². The Balaban J connectivity index is -0.000000187. The van der Waals surface area contributed by atoms with Crippen molar-refractivity contribution in [2.75, 3.05) is 55.4 Å². The number of aliphatic hydroxyl groups is 4. The minimum atomic E-state index is -2.27. The fraction of sp³-hybridized carbons (Fsp3) is 0.714. The number of nitrogens with zero attached hydrogens (tertiary/aromatic N) is 2. The Hall–Kier alpha value is -3.71. The van der Waals surface area contributed by atoms with E-state index in [1.807, 2.05) is 42.3 Å². The van der Waals surface area contributed by atoms with Crippen LogP contribution in [0.3, 0.4) is 0 Å². The predicted octanol–water partition coefficient (Wildman–Crippen LogP) is -3.65. The molecule has 292 valence electrons. The van der Waals surface area contributed by atoms with Gasteiger partial charge >= 0.3 is 70.8 Å². The molecule has 0 heterocycles. The van der Waals surface area contributed by atoms with Crippen LogP contribution in [-0.2, 0) is 47.8 Å². The number of quaternary nitrogens is 2. The zero-order chi connectivity index (χ0) is 40.7. The average Bonchev–Trinajstić information content (AvgIpc) is 2.93. The number of ether oxygens (including phenoxy) is 2. The zero-order valence-corrected chi connectivity index (χ0v) is 31.3. The van der Waals surface area contributed by atoms with Gasteiger partial charge in [-0.3, -0.25) is 19.2 Å². The van der Waals surface area contributed by atoms with E-state index in [0.717, 1.165) is 0 Å². The molecule has 0 radical (unpaired) electrons. The van der Waals surface area contributed by atoms with Gasteiger partial charge in [0.1, 0.15) is 13.1 Å². The van der Waals surface area contributed by atoms with Crippen molar-refractivity contribution in [3.8, 4) is 0 Å². The van der Waals surface area contributed by atoms with Crippen LogP contribution in [0.1, 0.15) is 39.5 Å². The van der Waals surface area contributed by atoms with Crippen molar-refractivity contribution in [1.82, 2.24) is 0 Å². The first kappa shape index (κ1) is 56.7. The summed E-state index contributed by atoms with van der Waals surface area (Å²) >= 11 is 0. The molecular formula is C28H52MgN2O20+4. The molecule has 0 aromatic rings. The molecule has 0 aliphatic heterocycles. The van der Waals surface area contributed by atoms with E-state index in [2.05, 4.69) is 0 Å². The summed E-state index contributed by atoms with van der Waals surface area (Å²) in [6.45, 7) is 4.37. The number of carboxylic acid groups (broad SMARTS) is 6. The van der Waals surface area contributed by atoms with Crippen molar-refractivity contribution in [3.05, 3.63) is 0 Å². The van der Waals surface area contributed by atoms with Gasteiger partial charge in [0, 0.05) is 12.8 Å². The van der Waals surface area contributed by atoms with E-state index in [0.29, 0.717) is 22.1 Å². The molecule has 0 bridgehead atoms. The summed E-state index contributed by atoms with van der Waals surface area (Å²) in [5.41, 5.74) is 0. The van der Waals surface area contributed by atoms with Crippen LogP contribution in [0.4, 0.5) is 0 Å². The van der Waals surface area contributed by atoms with Gasteiger partial charge in [-0.05, 0) is 0 Å². The molecule has 0 aromatic heterocycles. The molecule has 0 rings (SSSR count). The number of carbonyl (C=O) groups excluding carboxylic acids is 2. The molecular weight excluding hydrogens is 709 g/mol. The smallest absolute Gasteiger partial charge is 0.481 e. The van der Waals surface area contributed by atoms with Gasteiger partial charge in [0.25, 0.3) is 0 Å². The van der Waals surface area contributed by atoms with Crippen molar-refractivity contribution in [2.45, 2.75) is 76.2 Å². The first-order valence-corrected chi connectivity index (χ1v) is 14.5. The Labute approximate surface area is 309 Å². The first-order valence-electron chi connectivity index (χ1n) is 14.5. The van der Waals surface area contributed by atoms with Crippen molar-refractivity contribution in [1.29, 1.82) is 0 Å². The van der Waals surface area contributed by atoms with Gasteiger partial charge in [0.05, 0.1) is 55.1 Å². The fourth-order valence-electron chi connectivity index (χ4n) is 2.98. The molecule has 0 aliphatic rings. The van der Waals surface area contributed by atoms with Crippen LogP contribution in [-0.4, -0.2) is 223 Å². The minimum absolute atomic E-state index is 0. The number of aliphatic hydroxyl groups excluding tert-OH is 4. The number of esters is 2. The van der Waals surface area contributed by atoms with Crippen LogP contribution >= 0.6 is 0 Å². The predicted molar refractivity (Wildman–Crippen MR) is 171 cm³/mol. The third kappa shape index (κ3) is 35.9. The fourth-order valence-corrected chi connectivity index (χ4v) is 2.98. The monoisotopic (exact) mass is 760 g/mol. The van der Waals surface area contributed by atoms with E-state index in [1.165, 1.54) is 0 Å². The topological polar surface area (TPSA) is 357 Å². The molecule has 0 saturated heterocycles. The summed E-state index contributed by atoms with van der Waals surface area (Å²) in [5, 5.41) is 82.4. The molecule has 51 heavy (non-hydrogen) atoms.